The topological polar surface area (TPSA) is 68.0 Å². The summed E-state index contributed by atoms with van der Waals surface area (Å²) >= 11 is 0. The summed E-state index contributed by atoms with van der Waals surface area (Å²) in [5.74, 6) is 0.436. The number of nitrogens with two attached hydrogens (primary N) is 1. The second-order valence-corrected chi connectivity index (χ2v) is 5.95. The summed E-state index contributed by atoms with van der Waals surface area (Å²) in [6, 6.07) is 3.95. The number of hydrogen-bond acceptors (Lipinski definition) is 3. The van der Waals surface area contributed by atoms with E-state index in [4.69, 9.17) is 5.73 Å². The second kappa shape index (κ2) is 13.6. The van der Waals surface area contributed by atoms with Gasteiger partial charge in [0, 0.05) is 12.6 Å². The van der Waals surface area contributed by atoms with Crippen LogP contribution < -0.4 is 11.1 Å². The van der Waals surface area contributed by atoms with E-state index < -0.39 is 0 Å². The number of hydrogen-bond donors (Lipinski definition) is 2. The van der Waals surface area contributed by atoms with Gasteiger partial charge in [0.1, 0.15) is 0 Å². The van der Waals surface area contributed by atoms with Crippen LogP contribution in [-0.2, 0) is 4.79 Å². The Bertz CT molecular complexity index is 442. The molecule has 0 bridgehead atoms. The van der Waals surface area contributed by atoms with Crippen LogP contribution in [-0.4, -0.2) is 17.4 Å². The number of aryl methyl sites for hydroxylation is 1. The number of carbonyl (C=O) groups excluding carboxylic acids is 1. The molecule has 0 saturated carbocycles. The van der Waals surface area contributed by atoms with Crippen molar-refractivity contribution in [3.63, 3.8) is 0 Å². The predicted molar refractivity (Wildman–Crippen MR) is 101 cm³/mol. The van der Waals surface area contributed by atoms with Crippen molar-refractivity contribution in [2.24, 2.45) is 11.7 Å². The zero-order chi connectivity index (χ0) is 15.7. The van der Waals surface area contributed by atoms with E-state index in [0.29, 0.717) is 12.3 Å². The van der Waals surface area contributed by atoms with E-state index in [2.05, 4.69) is 24.1 Å². The van der Waals surface area contributed by atoms with Crippen molar-refractivity contribution in [3.8, 4) is 0 Å². The number of unbranched alkanes of at least 4 members (excludes halogenated alkanes) is 3. The summed E-state index contributed by atoms with van der Waals surface area (Å²) in [4.78, 5) is 16.6. The van der Waals surface area contributed by atoms with Crippen molar-refractivity contribution in [1.29, 1.82) is 0 Å². The van der Waals surface area contributed by atoms with E-state index in [9.17, 15) is 4.79 Å². The fourth-order valence-electron chi connectivity index (χ4n) is 2.40. The number of halogens is 2. The predicted octanol–water partition coefficient (Wildman–Crippen LogP) is 3.96. The van der Waals surface area contributed by atoms with Crippen molar-refractivity contribution < 1.29 is 4.79 Å². The van der Waals surface area contributed by atoms with Gasteiger partial charge in [0.05, 0.1) is 11.7 Å². The molecule has 23 heavy (non-hydrogen) atoms. The lowest BCUT2D eigenvalue weighted by Crippen LogP contribution is -2.32. The molecule has 0 aliphatic heterocycles. The summed E-state index contributed by atoms with van der Waals surface area (Å²) in [5.41, 5.74) is 7.56. The molecule has 1 amide bonds. The Morgan fingerprint density at radius 1 is 1.22 bits per heavy atom. The molecule has 0 radical (unpaired) electrons. The number of nitrogens with one attached hydrogen (secondary N) is 1. The van der Waals surface area contributed by atoms with Crippen molar-refractivity contribution in [2.75, 3.05) is 6.54 Å². The molecule has 0 aliphatic rings. The average Bonchev–Trinajstić information content (AvgIpc) is 2.45. The lowest BCUT2D eigenvalue weighted by Gasteiger charge is -2.23. The third-order valence-corrected chi connectivity index (χ3v) is 3.69. The Morgan fingerprint density at radius 2 is 1.87 bits per heavy atom. The van der Waals surface area contributed by atoms with Crippen LogP contribution in [0, 0.1) is 12.8 Å². The van der Waals surface area contributed by atoms with Crippen LogP contribution in [0.15, 0.2) is 18.3 Å². The van der Waals surface area contributed by atoms with Crippen LogP contribution >= 0.6 is 24.8 Å². The maximum absolute atomic E-state index is 12.1. The number of amides is 1. The molecule has 1 aromatic heterocycles. The van der Waals surface area contributed by atoms with E-state index in [1.54, 1.807) is 6.20 Å². The normalized spacial score (nSPS) is 11.3. The molecular weight excluding hydrogens is 333 g/mol. The van der Waals surface area contributed by atoms with Gasteiger partial charge in [-0.1, -0.05) is 32.8 Å². The van der Waals surface area contributed by atoms with Crippen LogP contribution in [0.1, 0.15) is 63.3 Å². The van der Waals surface area contributed by atoms with Crippen molar-refractivity contribution in [3.05, 3.63) is 29.6 Å². The van der Waals surface area contributed by atoms with Gasteiger partial charge < -0.3 is 11.1 Å². The van der Waals surface area contributed by atoms with Crippen molar-refractivity contribution >= 4 is 30.7 Å². The summed E-state index contributed by atoms with van der Waals surface area (Å²) in [7, 11) is 0. The molecule has 1 unspecified atom stereocenters. The highest BCUT2D eigenvalue weighted by Gasteiger charge is 2.20. The van der Waals surface area contributed by atoms with Gasteiger partial charge in [-0.3, -0.25) is 9.78 Å². The number of nitrogens with zero attached hydrogens (tertiary/aromatic N) is 1. The summed E-state index contributed by atoms with van der Waals surface area (Å²) in [6.07, 6.45) is 6.52. The lowest BCUT2D eigenvalue weighted by molar-refractivity contribution is -0.122. The highest BCUT2D eigenvalue weighted by atomic mass is 35.5. The maximum Gasteiger partial charge on any atom is 0.220 e. The monoisotopic (exact) mass is 363 g/mol. The zero-order valence-corrected chi connectivity index (χ0v) is 16.0. The lowest BCUT2D eigenvalue weighted by atomic mass is 9.97. The minimum absolute atomic E-state index is 0. The van der Waals surface area contributed by atoms with Gasteiger partial charge >= 0.3 is 0 Å². The number of rotatable bonds is 9. The SMILES string of the molecule is Cc1cccnc1C(NC(=O)CCCCCCN)C(C)C.Cl.Cl. The summed E-state index contributed by atoms with van der Waals surface area (Å²) in [5, 5.41) is 3.14. The van der Waals surface area contributed by atoms with Gasteiger partial charge in [-0.25, -0.2) is 0 Å². The minimum atomic E-state index is -0.0114. The number of aromatic nitrogens is 1. The Balaban J connectivity index is 0. The average molecular weight is 364 g/mol. The Kier molecular flexibility index (Phi) is 14.4. The van der Waals surface area contributed by atoms with Gasteiger partial charge in [-0.05, 0) is 43.9 Å². The van der Waals surface area contributed by atoms with E-state index in [1.165, 1.54) is 0 Å². The van der Waals surface area contributed by atoms with E-state index in [0.717, 1.165) is 43.5 Å². The van der Waals surface area contributed by atoms with E-state index in [-0.39, 0.29) is 36.8 Å². The molecule has 1 aromatic rings. The first-order valence-corrected chi connectivity index (χ1v) is 7.97. The first-order valence-electron chi connectivity index (χ1n) is 7.97. The highest BCUT2D eigenvalue weighted by molar-refractivity contribution is 5.85. The molecule has 3 N–H and O–H groups in total. The molecular formula is C17H31Cl2N3O. The third-order valence-electron chi connectivity index (χ3n) is 3.69. The second-order valence-electron chi connectivity index (χ2n) is 5.95. The largest absolute Gasteiger partial charge is 0.347 e. The molecule has 0 spiro atoms. The smallest absolute Gasteiger partial charge is 0.220 e. The van der Waals surface area contributed by atoms with Crippen LogP contribution in [0.3, 0.4) is 0 Å². The van der Waals surface area contributed by atoms with Gasteiger partial charge in [-0.2, -0.15) is 0 Å². The van der Waals surface area contributed by atoms with Gasteiger partial charge in [-0.15, -0.1) is 24.8 Å². The van der Waals surface area contributed by atoms with Crippen molar-refractivity contribution in [1.82, 2.24) is 10.3 Å². The van der Waals surface area contributed by atoms with Crippen LogP contribution in [0.5, 0.6) is 0 Å². The molecule has 6 heteroatoms. The fraction of sp³-hybridized carbons (Fsp3) is 0.647. The Labute approximate surface area is 152 Å². The number of carbonyl (C=O) groups is 1. The minimum Gasteiger partial charge on any atom is -0.347 e. The molecule has 0 fully saturated rings. The van der Waals surface area contributed by atoms with Gasteiger partial charge in [0.25, 0.3) is 0 Å². The first kappa shape index (κ1) is 24.4. The fourth-order valence-corrected chi connectivity index (χ4v) is 2.40. The molecule has 134 valence electrons. The maximum atomic E-state index is 12.1. The highest BCUT2D eigenvalue weighted by Crippen LogP contribution is 2.22. The zero-order valence-electron chi connectivity index (χ0n) is 14.4. The molecule has 4 nitrogen and oxygen atoms in total. The van der Waals surface area contributed by atoms with Crippen LogP contribution in [0.4, 0.5) is 0 Å². The van der Waals surface area contributed by atoms with Crippen LogP contribution in [0.25, 0.3) is 0 Å². The van der Waals surface area contributed by atoms with Gasteiger partial charge in [0.15, 0.2) is 0 Å². The molecule has 0 aliphatic carbocycles. The molecule has 0 saturated heterocycles. The number of pyridine rings is 1. The van der Waals surface area contributed by atoms with Gasteiger partial charge in [0.2, 0.25) is 5.91 Å². The Morgan fingerprint density at radius 3 is 2.43 bits per heavy atom. The van der Waals surface area contributed by atoms with Crippen LogP contribution in [0.2, 0.25) is 0 Å². The van der Waals surface area contributed by atoms with E-state index in [1.807, 2.05) is 19.1 Å². The standard InChI is InChI=1S/C17H29N3O.2ClH/c1-13(2)16(17-14(3)9-8-12-19-17)20-15(21)10-6-4-5-7-11-18;;/h8-9,12-13,16H,4-7,10-11,18H2,1-3H3,(H,20,21);2*1H. The van der Waals surface area contributed by atoms with E-state index >= 15 is 0 Å². The van der Waals surface area contributed by atoms with Crippen molar-refractivity contribution in [2.45, 2.75) is 58.9 Å². The Hall–Kier alpha value is -0.840. The summed E-state index contributed by atoms with van der Waals surface area (Å²) in [6.45, 7) is 7.00. The molecule has 1 atom stereocenters. The molecule has 0 aromatic carbocycles. The third kappa shape index (κ3) is 9.14. The molecule has 1 rings (SSSR count). The summed E-state index contributed by atoms with van der Waals surface area (Å²) < 4.78 is 0. The first-order chi connectivity index (χ1) is 10.1. The quantitative estimate of drug-likeness (QED) is 0.652. The molecule has 1 heterocycles.